The van der Waals surface area contributed by atoms with Gasteiger partial charge in [-0.05, 0) is 73.1 Å². The Morgan fingerprint density at radius 2 is 1.79 bits per heavy atom. The van der Waals surface area contributed by atoms with Crippen LogP contribution in [0.2, 0.25) is 0 Å². The highest BCUT2D eigenvalue weighted by Gasteiger charge is 2.19. The third-order valence-corrected chi connectivity index (χ3v) is 7.37. The molecule has 0 aliphatic carbocycles. The summed E-state index contributed by atoms with van der Waals surface area (Å²) in [5.74, 6) is 0. The van der Waals surface area contributed by atoms with E-state index >= 15 is 0 Å². The highest BCUT2D eigenvalue weighted by atomic mass is 16.3. The van der Waals surface area contributed by atoms with Crippen LogP contribution in [0.4, 0.5) is 11.4 Å². The lowest BCUT2D eigenvalue weighted by molar-refractivity contribution is 0.145. The molecule has 7 heteroatoms. The smallest absolute Gasteiger partial charge is 0.125 e. The number of aromatic nitrogens is 4. The van der Waals surface area contributed by atoms with Crippen LogP contribution in [0.25, 0.3) is 44.3 Å². The predicted octanol–water partition coefficient (Wildman–Crippen LogP) is 6.93. The molecule has 4 heterocycles. The van der Waals surface area contributed by atoms with E-state index in [1.165, 1.54) is 30.3 Å². The van der Waals surface area contributed by atoms with Crippen molar-refractivity contribution in [2.45, 2.75) is 52.7 Å². The fraction of sp³-hybridized carbons (Fsp3) is 0.355. The van der Waals surface area contributed by atoms with Crippen LogP contribution < -0.4 is 10.2 Å². The summed E-state index contributed by atoms with van der Waals surface area (Å²) in [5, 5.41) is 23.9. The van der Waals surface area contributed by atoms with Crippen molar-refractivity contribution in [3.8, 4) is 22.5 Å². The quantitative estimate of drug-likeness (QED) is 0.187. The molecule has 7 nitrogen and oxygen atoms in total. The molecule has 0 radical (unpaired) electrons. The number of piperidine rings is 1. The molecule has 4 N–H and O–H groups in total. The van der Waals surface area contributed by atoms with Gasteiger partial charge in [-0.1, -0.05) is 32.9 Å². The number of aromatic amines is 2. The van der Waals surface area contributed by atoms with E-state index in [0.717, 1.165) is 57.7 Å². The van der Waals surface area contributed by atoms with Crippen LogP contribution in [0.5, 0.6) is 0 Å². The predicted molar refractivity (Wildman–Crippen MR) is 156 cm³/mol. The zero-order chi connectivity index (χ0) is 26.3. The van der Waals surface area contributed by atoms with Gasteiger partial charge in [-0.15, -0.1) is 0 Å². The fourth-order valence-corrected chi connectivity index (χ4v) is 5.58. The first-order valence-corrected chi connectivity index (χ1v) is 13.6. The molecular formula is C31H36N6O. The third-order valence-electron chi connectivity index (χ3n) is 7.37. The number of aliphatic hydroxyl groups is 1. The lowest BCUT2D eigenvalue weighted by Crippen LogP contribution is -2.29. The summed E-state index contributed by atoms with van der Waals surface area (Å²) in [7, 11) is 0. The standard InChI is InChI=1S/C31H36N6O/c1-31(2,3)17-29(38)33-22-14-21(18-32-19-22)20-10-11-26-24(15-20)30(36-35-26)27-16-23-25(34-27)8-7-9-28(23)37-12-5-4-6-13-37/h7-11,14-16,18-19,29,33-34,38H,4-6,12-13,17H2,1-3H3,(H,35,36). The first-order valence-electron chi connectivity index (χ1n) is 13.6. The first kappa shape index (κ1) is 24.5. The van der Waals surface area contributed by atoms with Gasteiger partial charge in [0.05, 0.1) is 23.1 Å². The summed E-state index contributed by atoms with van der Waals surface area (Å²) < 4.78 is 0. The molecule has 1 saturated heterocycles. The summed E-state index contributed by atoms with van der Waals surface area (Å²) in [4.78, 5) is 10.6. The topological polar surface area (TPSA) is 92.9 Å². The fourth-order valence-electron chi connectivity index (χ4n) is 5.58. The summed E-state index contributed by atoms with van der Waals surface area (Å²) >= 11 is 0. The summed E-state index contributed by atoms with van der Waals surface area (Å²) in [5.41, 5.74) is 8.19. The van der Waals surface area contributed by atoms with Gasteiger partial charge in [0.15, 0.2) is 0 Å². The molecule has 2 aromatic carbocycles. The van der Waals surface area contributed by atoms with Crippen LogP contribution in [0.3, 0.4) is 0 Å². The second-order valence-corrected chi connectivity index (χ2v) is 11.7. The zero-order valence-electron chi connectivity index (χ0n) is 22.4. The Morgan fingerprint density at radius 3 is 2.61 bits per heavy atom. The van der Waals surface area contributed by atoms with Gasteiger partial charge in [0.1, 0.15) is 11.9 Å². The molecule has 0 amide bonds. The van der Waals surface area contributed by atoms with Crippen molar-refractivity contribution < 1.29 is 5.11 Å². The van der Waals surface area contributed by atoms with Gasteiger partial charge in [0.25, 0.3) is 0 Å². The Morgan fingerprint density at radius 1 is 0.947 bits per heavy atom. The van der Waals surface area contributed by atoms with Crippen molar-refractivity contribution in [2.75, 3.05) is 23.3 Å². The number of benzene rings is 2. The van der Waals surface area contributed by atoms with Crippen LogP contribution in [-0.4, -0.2) is 44.6 Å². The van der Waals surface area contributed by atoms with Crippen LogP contribution in [0.15, 0.2) is 60.9 Å². The molecular weight excluding hydrogens is 472 g/mol. The zero-order valence-corrected chi connectivity index (χ0v) is 22.4. The molecule has 6 rings (SSSR count). The van der Waals surface area contributed by atoms with Gasteiger partial charge >= 0.3 is 0 Å². The third kappa shape index (κ3) is 4.98. The van der Waals surface area contributed by atoms with E-state index < -0.39 is 6.23 Å². The minimum atomic E-state index is -0.633. The lowest BCUT2D eigenvalue weighted by atomic mass is 9.91. The molecule has 3 aromatic heterocycles. The van der Waals surface area contributed by atoms with Crippen LogP contribution in [0.1, 0.15) is 46.5 Å². The van der Waals surface area contributed by atoms with Crippen molar-refractivity contribution in [1.29, 1.82) is 0 Å². The highest BCUT2D eigenvalue weighted by molar-refractivity contribution is 6.01. The maximum atomic E-state index is 10.5. The number of hydrogen-bond acceptors (Lipinski definition) is 5. The number of nitrogens with one attached hydrogen (secondary N) is 3. The van der Waals surface area contributed by atoms with Gasteiger partial charge in [0.2, 0.25) is 0 Å². The van der Waals surface area contributed by atoms with E-state index in [-0.39, 0.29) is 5.41 Å². The number of pyridine rings is 1. The van der Waals surface area contributed by atoms with Crippen LogP contribution in [0, 0.1) is 5.41 Å². The van der Waals surface area contributed by atoms with Gasteiger partial charge in [-0.3, -0.25) is 10.1 Å². The maximum Gasteiger partial charge on any atom is 0.125 e. The number of rotatable bonds is 6. The molecule has 0 spiro atoms. The average Bonchev–Trinajstić information content (AvgIpc) is 3.51. The van der Waals surface area contributed by atoms with Crippen molar-refractivity contribution in [1.82, 2.24) is 20.2 Å². The second-order valence-electron chi connectivity index (χ2n) is 11.7. The minimum absolute atomic E-state index is 0.0251. The summed E-state index contributed by atoms with van der Waals surface area (Å²) in [6.07, 6.45) is 7.44. The molecule has 196 valence electrons. The summed E-state index contributed by atoms with van der Waals surface area (Å²) in [6, 6.07) is 17.1. The highest BCUT2D eigenvalue weighted by Crippen LogP contribution is 2.36. The number of aliphatic hydroxyl groups excluding tert-OH is 1. The van der Waals surface area contributed by atoms with E-state index in [2.05, 4.69) is 88.5 Å². The van der Waals surface area contributed by atoms with Crippen molar-refractivity contribution >= 4 is 33.2 Å². The Bertz CT molecular complexity index is 1570. The maximum absolute atomic E-state index is 10.5. The molecule has 0 bridgehead atoms. The van der Waals surface area contributed by atoms with Gasteiger partial charge in [-0.25, -0.2) is 0 Å². The molecule has 1 unspecified atom stereocenters. The molecule has 1 fully saturated rings. The molecule has 1 atom stereocenters. The van der Waals surface area contributed by atoms with Gasteiger partial charge in [0, 0.05) is 46.8 Å². The number of H-pyrrole nitrogens is 2. The van der Waals surface area contributed by atoms with Crippen molar-refractivity contribution in [3.05, 3.63) is 60.9 Å². The number of hydrogen-bond donors (Lipinski definition) is 4. The Labute approximate surface area is 223 Å². The molecule has 0 saturated carbocycles. The average molecular weight is 509 g/mol. The van der Waals surface area contributed by atoms with Gasteiger partial charge in [-0.2, -0.15) is 5.10 Å². The van der Waals surface area contributed by atoms with E-state index in [9.17, 15) is 5.11 Å². The number of fused-ring (bicyclic) bond motifs is 2. The molecule has 1 aliphatic heterocycles. The van der Waals surface area contributed by atoms with Crippen LogP contribution >= 0.6 is 0 Å². The van der Waals surface area contributed by atoms with Gasteiger partial charge < -0.3 is 20.3 Å². The van der Waals surface area contributed by atoms with E-state index in [1.807, 2.05) is 12.3 Å². The SMILES string of the molecule is CC(C)(C)CC(O)Nc1cncc(-c2ccc3[nH]nc(-c4cc5c(N6CCCCC6)cccc5[nH]4)c3c2)c1. The van der Waals surface area contributed by atoms with Crippen molar-refractivity contribution in [2.24, 2.45) is 5.41 Å². The molecule has 5 aromatic rings. The Balaban J connectivity index is 1.33. The monoisotopic (exact) mass is 508 g/mol. The second kappa shape index (κ2) is 9.80. The Hall–Kier alpha value is -3.84. The van der Waals surface area contributed by atoms with E-state index in [4.69, 9.17) is 5.10 Å². The van der Waals surface area contributed by atoms with Crippen molar-refractivity contribution in [3.63, 3.8) is 0 Å². The number of anilines is 2. The minimum Gasteiger partial charge on any atom is -0.374 e. The van der Waals surface area contributed by atoms with Crippen LogP contribution in [-0.2, 0) is 0 Å². The largest absolute Gasteiger partial charge is 0.374 e. The lowest BCUT2D eigenvalue weighted by Gasteiger charge is -2.29. The molecule has 38 heavy (non-hydrogen) atoms. The van der Waals surface area contributed by atoms with E-state index in [1.54, 1.807) is 6.20 Å². The Kier molecular flexibility index (Phi) is 6.32. The first-order chi connectivity index (χ1) is 18.3. The molecule has 1 aliphatic rings. The van der Waals surface area contributed by atoms with E-state index in [0.29, 0.717) is 6.42 Å². The summed E-state index contributed by atoms with van der Waals surface area (Å²) in [6.45, 7) is 8.58. The number of nitrogens with zero attached hydrogens (tertiary/aromatic N) is 3. The normalized spacial score (nSPS) is 15.3.